The second-order valence-corrected chi connectivity index (χ2v) is 6.63. The number of benzene rings is 4. The van der Waals surface area contributed by atoms with Crippen molar-refractivity contribution in [3.8, 4) is 17.2 Å². The smallest absolute Gasteiger partial charge is 0.259 e. The molecule has 0 unspecified atom stereocenters. The van der Waals surface area contributed by atoms with Gasteiger partial charge in [-0.3, -0.25) is 4.79 Å². The Hall–Kier alpha value is -3.50. The number of nitrogens with one attached hydrogen (secondary N) is 1. The number of halogens is 1. The van der Waals surface area contributed by atoms with Gasteiger partial charge in [-0.05, 0) is 41.8 Å². The van der Waals surface area contributed by atoms with Crippen LogP contribution >= 0.6 is 11.6 Å². The van der Waals surface area contributed by atoms with Crippen LogP contribution in [-0.2, 0) is 0 Å². The Morgan fingerprint density at radius 3 is 2.46 bits per heavy atom. The molecule has 0 radical (unpaired) electrons. The molecule has 0 heterocycles. The van der Waals surface area contributed by atoms with Crippen LogP contribution in [0.15, 0.2) is 84.9 Å². The number of hydrogen-bond acceptors (Lipinski definition) is 3. The molecule has 4 nitrogen and oxygen atoms in total. The molecule has 0 saturated heterocycles. The van der Waals surface area contributed by atoms with Crippen molar-refractivity contribution in [2.24, 2.45) is 0 Å². The maximum atomic E-state index is 12.6. The average molecular weight is 390 g/mol. The second-order valence-electron chi connectivity index (χ2n) is 6.19. The minimum absolute atomic E-state index is 0.0902. The van der Waals surface area contributed by atoms with Crippen molar-refractivity contribution in [1.82, 2.24) is 0 Å². The highest BCUT2D eigenvalue weighted by Gasteiger charge is 2.15. The Labute approximate surface area is 167 Å². The summed E-state index contributed by atoms with van der Waals surface area (Å²) in [6, 6.07) is 25.2. The number of ether oxygens (including phenoxy) is 1. The van der Waals surface area contributed by atoms with Gasteiger partial charge in [-0.1, -0.05) is 60.1 Å². The maximum Gasteiger partial charge on any atom is 0.259 e. The van der Waals surface area contributed by atoms with Crippen LogP contribution in [0, 0.1) is 0 Å². The van der Waals surface area contributed by atoms with Crippen molar-refractivity contribution in [3.63, 3.8) is 0 Å². The molecule has 5 heteroatoms. The number of carbonyl (C=O) groups excluding carboxylic acids is 1. The molecule has 4 aromatic rings. The first kappa shape index (κ1) is 17.9. The van der Waals surface area contributed by atoms with E-state index in [9.17, 15) is 9.90 Å². The van der Waals surface area contributed by atoms with E-state index in [1.807, 2.05) is 48.5 Å². The topological polar surface area (TPSA) is 58.6 Å². The van der Waals surface area contributed by atoms with Gasteiger partial charge in [-0.15, -0.1) is 0 Å². The number of fused-ring (bicyclic) bond motifs is 1. The third-order valence-corrected chi connectivity index (χ3v) is 4.54. The molecule has 0 aromatic heterocycles. The van der Waals surface area contributed by atoms with Gasteiger partial charge in [0.25, 0.3) is 5.91 Å². The van der Waals surface area contributed by atoms with Gasteiger partial charge in [0.15, 0.2) is 5.75 Å². The Kier molecular flexibility index (Phi) is 4.87. The van der Waals surface area contributed by atoms with E-state index in [-0.39, 0.29) is 11.3 Å². The zero-order valence-corrected chi connectivity index (χ0v) is 15.5. The Bertz CT molecular complexity index is 1170. The van der Waals surface area contributed by atoms with E-state index >= 15 is 0 Å². The molecule has 2 N–H and O–H groups in total. The first-order valence-electron chi connectivity index (χ1n) is 8.66. The standard InChI is InChI=1S/C23H16ClNO3/c24-16-12-13-20(26)18(14-16)23(27)25-19-9-3-4-10-22(19)28-21-11-5-7-15-6-1-2-8-17(15)21/h1-14,26H,(H,25,27). The molecule has 1 amide bonds. The minimum Gasteiger partial charge on any atom is -0.507 e. The van der Waals surface area contributed by atoms with E-state index in [1.54, 1.807) is 18.2 Å². The van der Waals surface area contributed by atoms with Crippen LogP contribution in [0.1, 0.15) is 10.4 Å². The molecule has 0 aliphatic heterocycles. The molecule has 0 aliphatic rings. The van der Waals surface area contributed by atoms with Gasteiger partial charge < -0.3 is 15.2 Å². The van der Waals surface area contributed by atoms with E-state index in [2.05, 4.69) is 5.32 Å². The third-order valence-electron chi connectivity index (χ3n) is 4.31. The van der Waals surface area contributed by atoms with Gasteiger partial charge >= 0.3 is 0 Å². The average Bonchev–Trinajstić information content (AvgIpc) is 2.71. The summed E-state index contributed by atoms with van der Waals surface area (Å²) >= 11 is 5.94. The number of amides is 1. The van der Waals surface area contributed by atoms with E-state index in [0.717, 1.165) is 10.8 Å². The molecule has 0 aliphatic carbocycles. The highest BCUT2D eigenvalue weighted by molar-refractivity contribution is 6.31. The molecule has 0 atom stereocenters. The fourth-order valence-electron chi connectivity index (χ4n) is 2.94. The van der Waals surface area contributed by atoms with E-state index in [4.69, 9.17) is 16.3 Å². The molecule has 0 bridgehead atoms. The summed E-state index contributed by atoms with van der Waals surface area (Å²) in [5.74, 6) is 0.558. The zero-order chi connectivity index (χ0) is 19.5. The summed E-state index contributed by atoms with van der Waals surface area (Å²) < 4.78 is 6.11. The van der Waals surface area contributed by atoms with E-state index in [0.29, 0.717) is 22.2 Å². The number of phenols is 1. The lowest BCUT2D eigenvalue weighted by molar-refractivity contribution is 0.102. The summed E-state index contributed by atoms with van der Waals surface area (Å²) in [4.78, 5) is 12.6. The van der Waals surface area contributed by atoms with Gasteiger partial charge in [0.2, 0.25) is 0 Å². The molecule has 4 rings (SSSR count). The van der Waals surface area contributed by atoms with Gasteiger partial charge in [0.05, 0.1) is 11.3 Å². The van der Waals surface area contributed by atoms with E-state index in [1.165, 1.54) is 18.2 Å². The minimum atomic E-state index is -0.478. The van der Waals surface area contributed by atoms with Gasteiger partial charge in [0.1, 0.15) is 11.5 Å². The lowest BCUT2D eigenvalue weighted by Crippen LogP contribution is -2.12. The summed E-state index contributed by atoms with van der Waals surface area (Å²) in [5, 5.41) is 15.1. The first-order valence-corrected chi connectivity index (χ1v) is 9.04. The summed E-state index contributed by atoms with van der Waals surface area (Å²) in [6.45, 7) is 0. The van der Waals surface area contributed by atoms with Crippen LogP contribution < -0.4 is 10.1 Å². The lowest BCUT2D eigenvalue weighted by atomic mass is 10.1. The predicted molar refractivity (Wildman–Crippen MR) is 112 cm³/mol. The molecule has 0 fully saturated rings. The molecule has 28 heavy (non-hydrogen) atoms. The van der Waals surface area contributed by atoms with Gasteiger partial charge in [-0.25, -0.2) is 0 Å². The molecular weight excluding hydrogens is 374 g/mol. The molecule has 0 spiro atoms. The number of hydrogen-bond donors (Lipinski definition) is 2. The van der Waals surface area contributed by atoms with Crippen molar-refractivity contribution in [1.29, 1.82) is 0 Å². The molecule has 138 valence electrons. The SMILES string of the molecule is O=C(Nc1ccccc1Oc1cccc2ccccc12)c1cc(Cl)ccc1O. The van der Waals surface area contributed by atoms with Crippen molar-refractivity contribution >= 4 is 34.0 Å². The highest BCUT2D eigenvalue weighted by atomic mass is 35.5. The maximum absolute atomic E-state index is 12.6. The molecular formula is C23H16ClNO3. The van der Waals surface area contributed by atoms with Crippen LogP contribution in [-0.4, -0.2) is 11.0 Å². The van der Waals surface area contributed by atoms with Gasteiger partial charge in [-0.2, -0.15) is 0 Å². The monoisotopic (exact) mass is 389 g/mol. The van der Waals surface area contributed by atoms with Gasteiger partial charge in [0, 0.05) is 10.4 Å². The highest BCUT2D eigenvalue weighted by Crippen LogP contribution is 2.34. The van der Waals surface area contributed by atoms with Crippen LogP contribution in [0.5, 0.6) is 17.2 Å². The predicted octanol–water partition coefficient (Wildman–Crippen LogP) is 6.24. The number of carbonyl (C=O) groups is 1. The van der Waals surface area contributed by atoms with E-state index < -0.39 is 5.91 Å². The molecule has 0 saturated carbocycles. The van der Waals surface area contributed by atoms with Crippen molar-refractivity contribution in [2.45, 2.75) is 0 Å². The normalized spacial score (nSPS) is 10.6. The van der Waals surface area contributed by atoms with Crippen molar-refractivity contribution in [3.05, 3.63) is 95.5 Å². The largest absolute Gasteiger partial charge is 0.507 e. The van der Waals surface area contributed by atoms with Crippen molar-refractivity contribution < 1.29 is 14.6 Å². The fraction of sp³-hybridized carbons (Fsp3) is 0. The van der Waals surface area contributed by atoms with Crippen molar-refractivity contribution in [2.75, 3.05) is 5.32 Å². The Balaban J connectivity index is 1.66. The number of para-hydroxylation sites is 2. The lowest BCUT2D eigenvalue weighted by Gasteiger charge is -2.14. The Morgan fingerprint density at radius 2 is 1.57 bits per heavy atom. The van der Waals surface area contributed by atoms with Crippen LogP contribution in [0.25, 0.3) is 10.8 Å². The quantitative estimate of drug-likeness (QED) is 0.434. The van der Waals surface area contributed by atoms with Crippen LogP contribution in [0.4, 0.5) is 5.69 Å². The summed E-state index contributed by atoms with van der Waals surface area (Å²) in [6.07, 6.45) is 0. The van der Waals surface area contributed by atoms with Crippen LogP contribution in [0.2, 0.25) is 5.02 Å². The third kappa shape index (κ3) is 3.63. The second kappa shape index (κ2) is 7.62. The number of anilines is 1. The number of rotatable bonds is 4. The Morgan fingerprint density at radius 1 is 0.857 bits per heavy atom. The first-order chi connectivity index (χ1) is 13.6. The zero-order valence-electron chi connectivity index (χ0n) is 14.7. The summed E-state index contributed by atoms with van der Waals surface area (Å²) in [5.41, 5.74) is 0.576. The van der Waals surface area contributed by atoms with Crippen LogP contribution in [0.3, 0.4) is 0 Å². The number of phenolic OH excluding ortho intramolecular Hbond substituents is 1. The molecule has 4 aromatic carbocycles. The number of aromatic hydroxyl groups is 1. The fourth-order valence-corrected chi connectivity index (χ4v) is 3.11. The summed E-state index contributed by atoms with van der Waals surface area (Å²) in [7, 11) is 0.